The summed E-state index contributed by atoms with van der Waals surface area (Å²) in [4.78, 5) is 21.0. The predicted octanol–water partition coefficient (Wildman–Crippen LogP) is 3.33. The lowest BCUT2D eigenvalue weighted by atomic mass is 10.1. The van der Waals surface area contributed by atoms with Crippen LogP contribution in [0.3, 0.4) is 0 Å². The van der Waals surface area contributed by atoms with Gasteiger partial charge >= 0.3 is 5.97 Å². The summed E-state index contributed by atoms with van der Waals surface area (Å²) in [5.41, 5.74) is 1.88. The monoisotopic (exact) mass is 291 g/mol. The van der Waals surface area contributed by atoms with E-state index in [-0.39, 0.29) is 11.6 Å². The molecule has 1 atom stereocenters. The molecule has 0 aliphatic rings. The van der Waals surface area contributed by atoms with Crippen molar-refractivity contribution in [1.29, 1.82) is 0 Å². The molecule has 2 rings (SSSR count). The van der Waals surface area contributed by atoms with Crippen molar-refractivity contribution in [2.45, 2.75) is 33.7 Å². The summed E-state index contributed by atoms with van der Waals surface area (Å²) in [6, 6.07) is 1.66. The van der Waals surface area contributed by atoms with Crippen molar-refractivity contribution < 1.29 is 9.90 Å². The second kappa shape index (κ2) is 5.58. The number of nitrogens with one attached hydrogen (secondary N) is 1. The molecule has 2 aromatic heterocycles. The number of aromatic nitrogens is 2. The van der Waals surface area contributed by atoms with Gasteiger partial charge in [0.25, 0.3) is 0 Å². The summed E-state index contributed by atoms with van der Waals surface area (Å²) in [6.07, 6.45) is 1.61. The standard InChI is InChI=1S/C14H17N3O2S/c1-7-5-6-15-13(11(7)14(18)19)17-9(3)12-8(2)16-10(4)20-12/h5-6,9H,1-4H3,(H,15,17)(H,18,19). The van der Waals surface area contributed by atoms with Crippen molar-refractivity contribution in [1.82, 2.24) is 9.97 Å². The molecule has 2 N–H and O–H groups in total. The van der Waals surface area contributed by atoms with Gasteiger partial charge in [-0.05, 0) is 39.3 Å². The van der Waals surface area contributed by atoms with Crippen LogP contribution >= 0.6 is 11.3 Å². The zero-order chi connectivity index (χ0) is 14.9. The zero-order valence-corrected chi connectivity index (χ0v) is 12.7. The molecule has 2 aromatic rings. The van der Waals surface area contributed by atoms with E-state index in [4.69, 9.17) is 0 Å². The number of aromatic carboxylic acids is 1. The van der Waals surface area contributed by atoms with Gasteiger partial charge in [0, 0.05) is 11.1 Å². The molecule has 0 aromatic carbocycles. The SMILES string of the molecule is Cc1nc(C)c(C(C)Nc2nccc(C)c2C(=O)O)s1. The Kier molecular flexibility index (Phi) is 4.04. The van der Waals surface area contributed by atoms with Crippen LogP contribution < -0.4 is 5.32 Å². The van der Waals surface area contributed by atoms with Gasteiger partial charge < -0.3 is 10.4 Å². The Morgan fingerprint density at radius 1 is 1.40 bits per heavy atom. The molecule has 0 fully saturated rings. The fourth-order valence-corrected chi connectivity index (χ4v) is 3.09. The van der Waals surface area contributed by atoms with Crippen LogP contribution in [0.4, 0.5) is 5.82 Å². The molecule has 0 aliphatic heterocycles. The van der Waals surface area contributed by atoms with Crippen LogP contribution in [0.25, 0.3) is 0 Å². The van der Waals surface area contributed by atoms with Gasteiger partial charge in [-0.15, -0.1) is 11.3 Å². The molecule has 20 heavy (non-hydrogen) atoms. The van der Waals surface area contributed by atoms with E-state index in [2.05, 4.69) is 15.3 Å². The first-order valence-electron chi connectivity index (χ1n) is 6.29. The first kappa shape index (κ1) is 14.5. The van der Waals surface area contributed by atoms with Gasteiger partial charge in [-0.25, -0.2) is 14.8 Å². The average Bonchev–Trinajstić information content (AvgIpc) is 2.68. The number of anilines is 1. The van der Waals surface area contributed by atoms with Crippen LogP contribution in [-0.4, -0.2) is 21.0 Å². The average molecular weight is 291 g/mol. The highest BCUT2D eigenvalue weighted by atomic mass is 32.1. The van der Waals surface area contributed by atoms with E-state index in [9.17, 15) is 9.90 Å². The number of aryl methyl sites for hydroxylation is 3. The smallest absolute Gasteiger partial charge is 0.339 e. The number of carboxylic acid groups (broad SMARTS) is 1. The van der Waals surface area contributed by atoms with E-state index in [0.717, 1.165) is 15.6 Å². The predicted molar refractivity (Wildman–Crippen MR) is 79.6 cm³/mol. The molecule has 0 saturated heterocycles. The van der Waals surface area contributed by atoms with Crippen molar-refractivity contribution in [3.05, 3.63) is 39.0 Å². The second-order valence-electron chi connectivity index (χ2n) is 4.71. The number of pyridine rings is 1. The Morgan fingerprint density at radius 2 is 2.10 bits per heavy atom. The lowest BCUT2D eigenvalue weighted by Gasteiger charge is -2.16. The molecule has 1 unspecified atom stereocenters. The maximum atomic E-state index is 11.3. The highest BCUT2D eigenvalue weighted by molar-refractivity contribution is 7.11. The Bertz CT molecular complexity index is 652. The number of thiazole rings is 1. The number of rotatable bonds is 4. The summed E-state index contributed by atoms with van der Waals surface area (Å²) in [5, 5.41) is 13.5. The molecule has 0 bridgehead atoms. The Morgan fingerprint density at radius 3 is 2.65 bits per heavy atom. The Hall–Kier alpha value is -1.95. The summed E-state index contributed by atoms with van der Waals surface area (Å²) < 4.78 is 0. The highest BCUT2D eigenvalue weighted by Gasteiger charge is 2.18. The van der Waals surface area contributed by atoms with Crippen molar-refractivity contribution >= 4 is 23.1 Å². The van der Waals surface area contributed by atoms with Crippen LogP contribution in [-0.2, 0) is 0 Å². The zero-order valence-electron chi connectivity index (χ0n) is 11.9. The maximum absolute atomic E-state index is 11.3. The number of carbonyl (C=O) groups is 1. The Labute approximate surface area is 121 Å². The van der Waals surface area contributed by atoms with Gasteiger partial charge in [-0.1, -0.05) is 0 Å². The molecule has 0 spiro atoms. The van der Waals surface area contributed by atoms with E-state index >= 15 is 0 Å². The third-order valence-electron chi connectivity index (χ3n) is 3.06. The summed E-state index contributed by atoms with van der Waals surface area (Å²) in [5.74, 6) is -0.571. The van der Waals surface area contributed by atoms with E-state index < -0.39 is 5.97 Å². The van der Waals surface area contributed by atoms with Crippen molar-refractivity contribution in [3.63, 3.8) is 0 Å². The van der Waals surface area contributed by atoms with Crippen LogP contribution in [0.1, 0.15) is 44.5 Å². The van der Waals surface area contributed by atoms with Crippen LogP contribution in [0.5, 0.6) is 0 Å². The molecule has 2 heterocycles. The molecular weight excluding hydrogens is 274 g/mol. The Balaban J connectivity index is 2.33. The summed E-state index contributed by atoms with van der Waals surface area (Å²) in [6.45, 7) is 7.67. The molecule has 5 nitrogen and oxygen atoms in total. The van der Waals surface area contributed by atoms with E-state index in [1.54, 1.807) is 30.5 Å². The minimum Gasteiger partial charge on any atom is -0.478 e. The third-order valence-corrected chi connectivity index (χ3v) is 4.31. The first-order chi connectivity index (χ1) is 9.40. The lowest BCUT2D eigenvalue weighted by molar-refractivity contribution is 0.0697. The normalized spacial score (nSPS) is 12.2. The first-order valence-corrected chi connectivity index (χ1v) is 7.11. The lowest BCUT2D eigenvalue weighted by Crippen LogP contribution is -2.13. The van der Waals surface area contributed by atoms with Gasteiger partial charge in [0.05, 0.1) is 16.7 Å². The van der Waals surface area contributed by atoms with Crippen LogP contribution in [0.2, 0.25) is 0 Å². The van der Waals surface area contributed by atoms with Crippen molar-refractivity contribution in [2.75, 3.05) is 5.32 Å². The quantitative estimate of drug-likeness (QED) is 0.903. The van der Waals surface area contributed by atoms with Gasteiger partial charge in [-0.3, -0.25) is 0 Å². The van der Waals surface area contributed by atoms with E-state index in [1.807, 2.05) is 20.8 Å². The number of carboxylic acids is 1. The fourth-order valence-electron chi connectivity index (χ4n) is 2.16. The minimum absolute atomic E-state index is 0.0337. The van der Waals surface area contributed by atoms with Crippen LogP contribution in [0, 0.1) is 20.8 Å². The number of nitrogens with zero attached hydrogens (tertiary/aromatic N) is 2. The largest absolute Gasteiger partial charge is 0.478 e. The van der Waals surface area contributed by atoms with Crippen LogP contribution in [0.15, 0.2) is 12.3 Å². The van der Waals surface area contributed by atoms with Gasteiger partial charge in [0.1, 0.15) is 11.4 Å². The van der Waals surface area contributed by atoms with E-state index in [1.165, 1.54) is 0 Å². The molecule has 106 valence electrons. The van der Waals surface area contributed by atoms with Crippen molar-refractivity contribution in [3.8, 4) is 0 Å². The topological polar surface area (TPSA) is 75.1 Å². The molecule has 0 aliphatic carbocycles. The van der Waals surface area contributed by atoms with E-state index in [0.29, 0.717) is 11.4 Å². The summed E-state index contributed by atoms with van der Waals surface area (Å²) in [7, 11) is 0. The fraction of sp³-hybridized carbons (Fsp3) is 0.357. The highest BCUT2D eigenvalue weighted by Crippen LogP contribution is 2.28. The third kappa shape index (κ3) is 2.80. The molecule has 0 saturated carbocycles. The molecule has 0 amide bonds. The molecule has 6 heteroatoms. The second-order valence-corrected chi connectivity index (χ2v) is 5.94. The summed E-state index contributed by atoms with van der Waals surface area (Å²) >= 11 is 1.61. The van der Waals surface area contributed by atoms with Gasteiger partial charge in [0.2, 0.25) is 0 Å². The van der Waals surface area contributed by atoms with Gasteiger partial charge in [-0.2, -0.15) is 0 Å². The minimum atomic E-state index is -0.970. The number of hydrogen-bond acceptors (Lipinski definition) is 5. The number of hydrogen-bond donors (Lipinski definition) is 2. The molecular formula is C14H17N3O2S. The van der Waals surface area contributed by atoms with Crippen molar-refractivity contribution in [2.24, 2.45) is 0 Å². The maximum Gasteiger partial charge on any atom is 0.339 e. The van der Waals surface area contributed by atoms with Gasteiger partial charge in [0.15, 0.2) is 0 Å². The molecule has 0 radical (unpaired) electrons.